The van der Waals surface area contributed by atoms with Crippen molar-refractivity contribution in [2.24, 2.45) is 5.92 Å². The lowest BCUT2D eigenvalue weighted by atomic mass is 9.96. The second-order valence-corrected chi connectivity index (χ2v) is 10.4. The highest BCUT2D eigenvalue weighted by Gasteiger charge is 2.40. The van der Waals surface area contributed by atoms with Gasteiger partial charge >= 0.3 is 0 Å². The van der Waals surface area contributed by atoms with Crippen LogP contribution in [0.25, 0.3) is 0 Å². The number of anilines is 2. The summed E-state index contributed by atoms with van der Waals surface area (Å²) in [5.74, 6) is 1.73. The number of amides is 1. The molecule has 1 amide bonds. The van der Waals surface area contributed by atoms with Gasteiger partial charge in [0.15, 0.2) is 0 Å². The van der Waals surface area contributed by atoms with Gasteiger partial charge in [0.05, 0.1) is 6.54 Å². The van der Waals surface area contributed by atoms with E-state index < -0.39 is 0 Å². The second-order valence-electron chi connectivity index (χ2n) is 10.4. The Labute approximate surface area is 205 Å². The first-order valence-corrected chi connectivity index (χ1v) is 13.0. The molecule has 0 bridgehead atoms. The SMILES string of the molecule is CCN(C(=O)CNc1c(C)c(C)c(N)c(C)c1C)C1CCN(C[C@@H]2C[C@H]2c2ccccc2)CC1. The first-order chi connectivity index (χ1) is 16.3. The molecule has 5 heteroatoms. The fraction of sp³-hybridized carbons (Fsp3) is 0.552. The molecule has 5 nitrogen and oxygen atoms in total. The Morgan fingerprint density at radius 3 is 2.24 bits per heavy atom. The molecule has 0 spiro atoms. The van der Waals surface area contributed by atoms with Gasteiger partial charge in [-0.3, -0.25) is 4.79 Å². The summed E-state index contributed by atoms with van der Waals surface area (Å²) < 4.78 is 0. The van der Waals surface area contributed by atoms with Gasteiger partial charge in [0.1, 0.15) is 0 Å². The number of rotatable bonds is 8. The zero-order valence-electron chi connectivity index (χ0n) is 21.7. The van der Waals surface area contributed by atoms with Crippen LogP contribution in [0.15, 0.2) is 30.3 Å². The Balaban J connectivity index is 1.28. The van der Waals surface area contributed by atoms with E-state index in [9.17, 15) is 4.79 Å². The predicted molar refractivity (Wildman–Crippen MR) is 142 cm³/mol. The van der Waals surface area contributed by atoms with E-state index in [1.165, 1.54) is 18.5 Å². The van der Waals surface area contributed by atoms with Gasteiger partial charge in [0.25, 0.3) is 0 Å². The normalized spacial score (nSPS) is 20.9. The average Bonchev–Trinajstić information content (AvgIpc) is 3.62. The summed E-state index contributed by atoms with van der Waals surface area (Å²) in [5.41, 5.74) is 14.1. The number of likely N-dealkylation sites (N-methyl/N-ethyl adjacent to an activating group) is 1. The van der Waals surface area contributed by atoms with E-state index in [-0.39, 0.29) is 5.91 Å². The van der Waals surface area contributed by atoms with E-state index in [4.69, 9.17) is 5.73 Å². The molecule has 2 aromatic rings. The quantitative estimate of drug-likeness (QED) is 0.540. The topological polar surface area (TPSA) is 61.6 Å². The number of carbonyl (C=O) groups is 1. The summed E-state index contributed by atoms with van der Waals surface area (Å²) in [6, 6.07) is 11.3. The molecule has 2 aliphatic rings. The van der Waals surface area contributed by atoms with Crippen LogP contribution in [0.2, 0.25) is 0 Å². The molecule has 1 heterocycles. The fourth-order valence-corrected chi connectivity index (χ4v) is 5.81. The van der Waals surface area contributed by atoms with Crippen LogP contribution in [0.4, 0.5) is 11.4 Å². The van der Waals surface area contributed by atoms with Gasteiger partial charge in [0.2, 0.25) is 5.91 Å². The van der Waals surface area contributed by atoms with Gasteiger partial charge in [-0.25, -0.2) is 0 Å². The minimum atomic E-state index is 0.193. The molecule has 1 saturated heterocycles. The van der Waals surface area contributed by atoms with E-state index in [1.807, 2.05) is 0 Å². The molecular formula is C29H42N4O. The highest BCUT2D eigenvalue weighted by atomic mass is 16.2. The van der Waals surface area contributed by atoms with Gasteiger partial charge < -0.3 is 20.9 Å². The van der Waals surface area contributed by atoms with Crippen LogP contribution in [0.1, 0.15) is 59.9 Å². The Kier molecular flexibility index (Phi) is 7.51. The molecule has 2 aromatic carbocycles. The molecule has 34 heavy (non-hydrogen) atoms. The monoisotopic (exact) mass is 462 g/mol. The summed E-state index contributed by atoms with van der Waals surface area (Å²) in [7, 11) is 0. The summed E-state index contributed by atoms with van der Waals surface area (Å²) in [6.07, 6.45) is 3.46. The number of hydrogen-bond donors (Lipinski definition) is 2. The van der Waals surface area contributed by atoms with Crippen molar-refractivity contribution in [1.82, 2.24) is 9.80 Å². The number of hydrogen-bond acceptors (Lipinski definition) is 4. The van der Waals surface area contributed by atoms with Crippen molar-refractivity contribution in [3.63, 3.8) is 0 Å². The highest BCUT2D eigenvalue weighted by Crippen LogP contribution is 2.47. The Morgan fingerprint density at radius 2 is 1.65 bits per heavy atom. The molecule has 2 fully saturated rings. The van der Waals surface area contributed by atoms with Gasteiger partial charge in [-0.1, -0.05) is 30.3 Å². The van der Waals surface area contributed by atoms with Crippen molar-refractivity contribution >= 4 is 17.3 Å². The first kappa shape index (κ1) is 24.6. The maximum atomic E-state index is 13.2. The number of piperidine rings is 1. The number of nitrogens with two attached hydrogens (primary N) is 1. The Bertz CT molecular complexity index is 982. The molecule has 0 aromatic heterocycles. The zero-order valence-corrected chi connectivity index (χ0v) is 21.7. The molecule has 1 aliphatic heterocycles. The highest BCUT2D eigenvalue weighted by molar-refractivity contribution is 5.83. The lowest BCUT2D eigenvalue weighted by Gasteiger charge is -2.38. The molecule has 1 aliphatic carbocycles. The van der Waals surface area contributed by atoms with Gasteiger partial charge in [-0.2, -0.15) is 0 Å². The second kappa shape index (κ2) is 10.4. The first-order valence-electron chi connectivity index (χ1n) is 13.0. The van der Waals surface area contributed by atoms with Crippen molar-refractivity contribution in [3.8, 4) is 0 Å². The summed E-state index contributed by atoms with van der Waals surface area (Å²) in [5, 5.41) is 3.45. The molecule has 3 N–H and O–H groups in total. The minimum Gasteiger partial charge on any atom is -0.398 e. The average molecular weight is 463 g/mol. The molecular weight excluding hydrogens is 420 g/mol. The third-order valence-corrected chi connectivity index (χ3v) is 8.40. The number of nitrogen functional groups attached to an aromatic ring is 1. The van der Waals surface area contributed by atoms with Crippen LogP contribution in [0, 0.1) is 33.6 Å². The molecule has 184 valence electrons. The van der Waals surface area contributed by atoms with Crippen molar-refractivity contribution in [1.29, 1.82) is 0 Å². The van der Waals surface area contributed by atoms with E-state index in [1.54, 1.807) is 0 Å². The van der Waals surface area contributed by atoms with Crippen molar-refractivity contribution in [2.45, 2.75) is 65.8 Å². The summed E-state index contributed by atoms with van der Waals surface area (Å²) >= 11 is 0. The Morgan fingerprint density at radius 1 is 1.03 bits per heavy atom. The van der Waals surface area contributed by atoms with Gasteiger partial charge in [-0.05, 0) is 93.5 Å². The maximum Gasteiger partial charge on any atom is 0.242 e. The maximum absolute atomic E-state index is 13.2. The van der Waals surface area contributed by atoms with E-state index >= 15 is 0 Å². The molecule has 1 saturated carbocycles. The number of nitrogens with one attached hydrogen (secondary N) is 1. The van der Waals surface area contributed by atoms with Crippen LogP contribution in [-0.2, 0) is 4.79 Å². The molecule has 0 unspecified atom stereocenters. The van der Waals surface area contributed by atoms with Crippen LogP contribution in [0.5, 0.6) is 0 Å². The summed E-state index contributed by atoms with van der Waals surface area (Å²) in [4.78, 5) is 17.9. The van der Waals surface area contributed by atoms with E-state index in [0.29, 0.717) is 12.6 Å². The summed E-state index contributed by atoms with van der Waals surface area (Å²) in [6.45, 7) is 14.9. The van der Waals surface area contributed by atoms with Crippen molar-refractivity contribution < 1.29 is 4.79 Å². The minimum absolute atomic E-state index is 0.193. The number of likely N-dealkylation sites (tertiary alicyclic amines) is 1. The lowest BCUT2D eigenvalue weighted by molar-refractivity contribution is -0.132. The van der Waals surface area contributed by atoms with Gasteiger partial charge in [0, 0.05) is 43.6 Å². The smallest absolute Gasteiger partial charge is 0.242 e. The van der Waals surface area contributed by atoms with E-state index in [2.05, 4.69) is 80.1 Å². The molecule has 4 rings (SSSR count). The number of nitrogens with zero attached hydrogens (tertiary/aromatic N) is 2. The largest absolute Gasteiger partial charge is 0.398 e. The van der Waals surface area contributed by atoms with Crippen molar-refractivity contribution in [3.05, 3.63) is 58.1 Å². The van der Waals surface area contributed by atoms with Crippen LogP contribution in [-0.4, -0.2) is 54.5 Å². The Hall–Kier alpha value is -2.53. The van der Waals surface area contributed by atoms with Crippen LogP contribution < -0.4 is 11.1 Å². The van der Waals surface area contributed by atoms with Crippen molar-refractivity contribution in [2.75, 3.05) is 43.8 Å². The third-order valence-electron chi connectivity index (χ3n) is 8.40. The number of carbonyl (C=O) groups excluding carboxylic acids is 1. The third kappa shape index (κ3) is 5.10. The van der Waals surface area contributed by atoms with Crippen LogP contribution >= 0.6 is 0 Å². The molecule has 2 atom stereocenters. The molecule has 0 radical (unpaired) electrons. The lowest BCUT2D eigenvalue weighted by Crippen LogP contribution is -2.49. The fourth-order valence-electron chi connectivity index (χ4n) is 5.81. The van der Waals surface area contributed by atoms with Crippen LogP contribution in [0.3, 0.4) is 0 Å². The van der Waals surface area contributed by atoms with E-state index in [0.717, 1.165) is 77.9 Å². The van der Waals surface area contributed by atoms with Gasteiger partial charge in [-0.15, -0.1) is 0 Å². The number of benzene rings is 2. The standard InChI is InChI=1S/C29H42N4O/c1-6-33(27(34)17-31-29-21(4)19(2)28(30)20(3)22(29)5)25-12-14-32(15-13-25)18-24-16-26(24)23-10-8-7-9-11-23/h7-11,24-26,31H,6,12-18,30H2,1-5H3/t24-,26-/m0/s1. The zero-order chi connectivity index (χ0) is 24.4. The predicted octanol–water partition coefficient (Wildman–Crippen LogP) is 5.03.